The molecular formula is C14H20N2O4. The SMILES string of the molecule is CCN(Cc1ccc(CN(CC)C(=O)O)cc1)C(=O)O. The van der Waals surface area contributed by atoms with Crippen LogP contribution in [0.4, 0.5) is 9.59 Å². The van der Waals surface area contributed by atoms with E-state index in [4.69, 9.17) is 10.2 Å². The van der Waals surface area contributed by atoms with Crippen molar-refractivity contribution in [1.82, 2.24) is 9.80 Å². The Labute approximate surface area is 118 Å². The fourth-order valence-corrected chi connectivity index (χ4v) is 1.82. The van der Waals surface area contributed by atoms with E-state index >= 15 is 0 Å². The van der Waals surface area contributed by atoms with Gasteiger partial charge in [-0.25, -0.2) is 9.59 Å². The van der Waals surface area contributed by atoms with Gasteiger partial charge in [0.05, 0.1) is 0 Å². The molecule has 0 bridgehead atoms. The highest BCUT2D eigenvalue weighted by molar-refractivity contribution is 5.65. The van der Waals surface area contributed by atoms with Crippen LogP contribution in [0, 0.1) is 0 Å². The molecule has 1 aromatic rings. The first kappa shape index (κ1) is 15.8. The summed E-state index contributed by atoms with van der Waals surface area (Å²) < 4.78 is 0. The van der Waals surface area contributed by atoms with Gasteiger partial charge in [0.25, 0.3) is 0 Å². The molecule has 0 aliphatic rings. The molecule has 6 heteroatoms. The molecular weight excluding hydrogens is 260 g/mol. The average molecular weight is 280 g/mol. The van der Waals surface area contributed by atoms with E-state index in [0.717, 1.165) is 11.1 Å². The first-order chi connectivity index (χ1) is 9.47. The summed E-state index contributed by atoms with van der Waals surface area (Å²) in [5.41, 5.74) is 1.77. The van der Waals surface area contributed by atoms with Gasteiger partial charge in [-0.15, -0.1) is 0 Å². The lowest BCUT2D eigenvalue weighted by Crippen LogP contribution is -2.29. The summed E-state index contributed by atoms with van der Waals surface area (Å²) in [7, 11) is 0. The molecule has 0 saturated heterocycles. The molecule has 0 spiro atoms. The molecule has 20 heavy (non-hydrogen) atoms. The van der Waals surface area contributed by atoms with E-state index in [1.807, 2.05) is 24.3 Å². The summed E-state index contributed by atoms with van der Waals surface area (Å²) >= 11 is 0. The van der Waals surface area contributed by atoms with Crippen molar-refractivity contribution in [2.45, 2.75) is 26.9 Å². The topological polar surface area (TPSA) is 81.1 Å². The maximum absolute atomic E-state index is 10.9. The van der Waals surface area contributed by atoms with Crippen LogP contribution in [0.5, 0.6) is 0 Å². The summed E-state index contributed by atoms with van der Waals surface area (Å²) in [6, 6.07) is 7.32. The number of hydrogen-bond acceptors (Lipinski definition) is 2. The largest absolute Gasteiger partial charge is 0.465 e. The van der Waals surface area contributed by atoms with Crippen molar-refractivity contribution in [1.29, 1.82) is 0 Å². The van der Waals surface area contributed by atoms with E-state index in [-0.39, 0.29) is 0 Å². The average Bonchev–Trinajstić information content (AvgIpc) is 2.42. The minimum atomic E-state index is -0.945. The lowest BCUT2D eigenvalue weighted by Gasteiger charge is -2.18. The summed E-state index contributed by atoms with van der Waals surface area (Å²) in [6.45, 7) is 5.10. The zero-order valence-corrected chi connectivity index (χ0v) is 11.7. The molecule has 2 N–H and O–H groups in total. The summed E-state index contributed by atoms with van der Waals surface area (Å²) in [5.74, 6) is 0. The van der Waals surface area contributed by atoms with Crippen molar-refractivity contribution >= 4 is 12.2 Å². The monoisotopic (exact) mass is 280 g/mol. The van der Waals surface area contributed by atoms with Crippen LogP contribution in [0.3, 0.4) is 0 Å². The Balaban J connectivity index is 2.69. The van der Waals surface area contributed by atoms with Gasteiger partial charge in [-0.1, -0.05) is 24.3 Å². The fourth-order valence-electron chi connectivity index (χ4n) is 1.82. The second-order valence-electron chi connectivity index (χ2n) is 4.41. The molecule has 0 radical (unpaired) electrons. The van der Waals surface area contributed by atoms with Crippen molar-refractivity contribution in [2.24, 2.45) is 0 Å². The molecule has 0 aliphatic heterocycles. The van der Waals surface area contributed by atoms with Gasteiger partial charge in [-0.05, 0) is 25.0 Å². The fraction of sp³-hybridized carbons (Fsp3) is 0.429. The third-order valence-corrected chi connectivity index (χ3v) is 3.07. The third-order valence-electron chi connectivity index (χ3n) is 3.07. The molecule has 0 aromatic heterocycles. The zero-order valence-electron chi connectivity index (χ0n) is 11.7. The highest BCUT2D eigenvalue weighted by Gasteiger charge is 2.11. The van der Waals surface area contributed by atoms with Gasteiger partial charge in [0.2, 0.25) is 0 Å². The predicted molar refractivity (Wildman–Crippen MR) is 74.7 cm³/mol. The number of rotatable bonds is 6. The van der Waals surface area contributed by atoms with Crippen LogP contribution in [0.1, 0.15) is 25.0 Å². The van der Waals surface area contributed by atoms with Crippen molar-refractivity contribution < 1.29 is 19.8 Å². The molecule has 0 heterocycles. The van der Waals surface area contributed by atoms with Gasteiger partial charge < -0.3 is 20.0 Å². The van der Waals surface area contributed by atoms with Crippen molar-refractivity contribution in [3.05, 3.63) is 35.4 Å². The lowest BCUT2D eigenvalue weighted by atomic mass is 10.1. The molecule has 1 aromatic carbocycles. The van der Waals surface area contributed by atoms with Gasteiger partial charge in [-0.3, -0.25) is 0 Å². The molecule has 0 unspecified atom stereocenters. The van der Waals surface area contributed by atoms with Gasteiger partial charge >= 0.3 is 12.2 Å². The van der Waals surface area contributed by atoms with Gasteiger partial charge in [0.1, 0.15) is 0 Å². The predicted octanol–water partition coefficient (Wildman–Crippen LogP) is 2.69. The summed E-state index contributed by atoms with van der Waals surface area (Å²) in [4.78, 5) is 24.5. The summed E-state index contributed by atoms with van der Waals surface area (Å²) in [5, 5.41) is 17.9. The smallest absolute Gasteiger partial charge is 0.407 e. The number of amides is 2. The maximum Gasteiger partial charge on any atom is 0.407 e. The van der Waals surface area contributed by atoms with Crippen LogP contribution in [-0.2, 0) is 13.1 Å². The van der Waals surface area contributed by atoms with Crippen LogP contribution in [0.15, 0.2) is 24.3 Å². The number of carbonyl (C=O) groups is 2. The Morgan fingerprint density at radius 2 is 1.15 bits per heavy atom. The molecule has 6 nitrogen and oxygen atoms in total. The van der Waals surface area contributed by atoms with Crippen LogP contribution in [-0.4, -0.2) is 45.3 Å². The Morgan fingerprint density at radius 1 is 0.850 bits per heavy atom. The van der Waals surface area contributed by atoms with Crippen LogP contribution < -0.4 is 0 Å². The van der Waals surface area contributed by atoms with Crippen LogP contribution in [0.2, 0.25) is 0 Å². The normalized spacial score (nSPS) is 10.1. The molecule has 0 fully saturated rings. The quantitative estimate of drug-likeness (QED) is 0.839. The molecule has 1 rings (SSSR count). The highest BCUT2D eigenvalue weighted by Crippen LogP contribution is 2.10. The molecule has 2 amide bonds. The van der Waals surface area contributed by atoms with Gasteiger partial charge in [-0.2, -0.15) is 0 Å². The first-order valence-electron chi connectivity index (χ1n) is 6.51. The van der Waals surface area contributed by atoms with Crippen molar-refractivity contribution in [3.63, 3.8) is 0 Å². The Bertz CT molecular complexity index is 416. The summed E-state index contributed by atoms with van der Waals surface area (Å²) in [6.07, 6.45) is -1.89. The molecule has 0 aliphatic carbocycles. The number of nitrogens with zero attached hydrogens (tertiary/aromatic N) is 2. The van der Waals surface area contributed by atoms with E-state index in [1.54, 1.807) is 13.8 Å². The molecule has 110 valence electrons. The maximum atomic E-state index is 10.9. The van der Waals surface area contributed by atoms with E-state index in [0.29, 0.717) is 26.2 Å². The lowest BCUT2D eigenvalue weighted by molar-refractivity contribution is 0.143. The second kappa shape index (κ2) is 7.37. The Kier molecular flexibility index (Phi) is 5.83. The Hall–Kier alpha value is -2.24. The van der Waals surface area contributed by atoms with Crippen molar-refractivity contribution in [3.8, 4) is 0 Å². The van der Waals surface area contributed by atoms with Gasteiger partial charge in [0.15, 0.2) is 0 Å². The highest BCUT2D eigenvalue weighted by atomic mass is 16.4. The van der Waals surface area contributed by atoms with Crippen molar-refractivity contribution in [2.75, 3.05) is 13.1 Å². The molecule has 0 saturated carbocycles. The zero-order chi connectivity index (χ0) is 15.1. The molecule has 0 atom stereocenters. The number of benzene rings is 1. The minimum absolute atomic E-state index is 0.336. The van der Waals surface area contributed by atoms with E-state index in [9.17, 15) is 9.59 Å². The standard InChI is InChI=1S/C14H20N2O4/c1-3-15(13(17)18)9-11-5-7-12(8-6-11)10-16(4-2)14(19)20/h5-8H,3-4,9-10H2,1-2H3,(H,17,18)(H,19,20). The van der Waals surface area contributed by atoms with Crippen LogP contribution in [0.25, 0.3) is 0 Å². The van der Waals surface area contributed by atoms with Gasteiger partial charge in [0, 0.05) is 26.2 Å². The van der Waals surface area contributed by atoms with Crippen LogP contribution >= 0.6 is 0 Å². The van der Waals surface area contributed by atoms with E-state index in [1.165, 1.54) is 9.80 Å². The first-order valence-corrected chi connectivity index (χ1v) is 6.51. The van der Waals surface area contributed by atoms with E-state index in [2.05, 4.69) is 0 Å². The van der Waals surface area contributed by atoms with E-state index < -0.39 is 12.2 Å². The second-order valence-corrected chi connectivity index (χ2v) is 4.41. The number of hydrogen-bond donors (Lipinski definition) is 2. The Morgan fingerprint density at radius 3 is 1.35 bits per heavy atom. The minimum Gasteiger partial charge on any atom is -0.465 e. The third kappa shape index (κ3) is 4.46. The number of carboxylic acid groups (broad SMARTS) is 2.